The standard InChI is InChI=1S/C13H15N3OS/c1-2-5-12-15-10-7-4-3-6-9(10)13(16-12)18-8-11(14)17/h3-4,6-7H,2,5,8H2,1H3,(H2,14,17). The van der Waals surface area contributed by atoms with Crippen LogP contribution in [0.4, 0.5) is 0 Å². The van der Waals surface area contributed by atoms with Crippen LogP contribution in [0.25, 0.3) is 10.9 Å². The number of fused-ring (bicyclic) bond motifs is 1. The summed E-state index contributed by atoms with van der Waals surface area (Å²) in [7, 11) is 0. The van der Waals surface area contributed by atoms with Crippen molar-refractivity contribution in [1.29, 1.82) is 0 Å². The molecule has 94 valence electrons. The van der Waals surface area contributed by atoms with Gasteiger partial charge in [0, 0.05) is 11.8 Å². The number of rotatable bonds is 5. The fourth-order valence-corrected chi connectivity index (χ4v) is 2.46. The van der Waals surface area contributed by atoms with Crippen LogP contribution in [0.15, 0.2) is 29.3 Å². The van der Waals surface area contributed by atoms with Gasteiger partial charge in [0.25, 0.3) is 0 Å². The van der Waals surface area contributed by atoms with Crippen LogP contribution >= 0.6 is 11.8 Å². The highest BCUT2D eigenvalue weighted by Gasteiger charge is 2.08. The van der Waals surface area contributed by atoms with Crippen LogP contribution in [0.1, 0.15) is 19.2 Å². The van der Waals surface area contributed by atoms with Crippen LogP contribution in [-0.2, 0) is 11.2 Å². The lowest BCUT2D eigenvalue weighted by atomic mass is 10.2. The van der Waals surface area contributed by atoms with E-state index < -0.39 is 0 Å². The van der Waals surface area contributed by atoms with Gasteiger partial charge in [-0.25, -0.2) is 9.97 Å². The maximum Gasteiger partial charge on any atom is 0.227 e. The van der Waals surface area contributed by atoms with Crippen molar-refractivity contribution < 1.29 is 4.79 Å². The largest absolute Gasteiger partial charge is 0.369 e. The van der Waals surface area contributed by atoms with Gasteiger partial charge in [-0.05, 0) is 12.5 Å². The molecule has 1 aromatic carbocycles. The summed E-state index contributed by atoms with van der Waals surface area (Å²) in [6.07, 6.45) is 1.84. The minimum atomic E-state index is -0.334. The summed E-state index contributed by atoms with van der Waals surface area (Å²) in [6.45, 7) is 2.09. The Kier molecular flexibility index (Phi) is 4.15. The second-order valence-corrected chi connectivity index (χ2v) is 4.93. The number of hydrogen-bond donors (Lipinski definition) is 1. The molecule has 1 amide bonds. The Morgan fingerprint density at radius 3 is 2.83 bits per heavy atom. The average molecular weight is 261 g/mol. The normalized spacial score (nSPS) is 10.7. The van der Waals surface area contributed by atoms with E-state index in [9.17, 15) is 4.79 Å². The highest BCUT2D eigenvalue weighted by Crippen LogP contribution is 2.25. The first kappa shape index (κ1) is 12.8. The number of carbonyl (C=O) groups is 1. The van der Waals surface area contributed by atoms with Gasteiger partial charge in [0.15, 0.2) is 0 Å². The van der Waals surface area contributed by atoms with Gasteiger partial charge >= 0.3 is 0 Å². The Labute approximate surface area is 110 Å². The molecule has 4 nitrogen and oxygen atoms in total. The molecule has 0 atom stereocenters. The zero-order valence-corrected chi connectivity index (χ0v) is 11.0. The van der Waals surface area contributed by atoms with E-state index in [1.807, 2.05) is 24.3 Å². The van der Waals surface area contributed by atoms with Crippen LogP contribution in [-0.4, -0.2) is 21.6 Å². The van der Waals surface area contributed by atoms with Crippen LogP contribution in [0.5, 0.6) is 0 Å². The Morgan fingerprint density at radius 2 is 2.11 bits per heavy atom. The Bertz CT molecular complexity index is 571. The van der Waals surface area contributed by atoms with Crippen LogP contribution in [0, 0.1) is 0 Å². The number of benzene rings is 1. The van der Waals surface area contributed by atoms with Gasteiger partial charge in [0.1, 0.15) is 10.9 Å². The van der Waals surface area contributed by atoms with Crippen LogP contribution in [0.3, 0.4) is 0 Å². The zero-order valence-electron chi connectivity index (χ0n) is 10.2. The third kappa shape index (κ3) is 2.98. The highest BCUT2D eigenvalue weighted by atomic mass is 32.2. The molecule has 0 aliphatic heterocycles. The minimum absolute atomic E-state index is 0.243. The Morgan fingerprint density at radius 1 is 1.33 bits per heavy atom. The van der Waals surface area contributed by atoms with Crippen LogP contribution in [0.2, 0.25) is 0 Å². The Balaban J connectivity index is 2.43. The number of primary amides is 1. The first-order valence-electron chi connectivity index (χ1n) is 5.87. The number of para-hydroxylation sites is 1. The number of carbonyl (C=O) groups excluding carboxylic acids is 1. The molecule has 0 saturated heterocycles. The molecule has 5 heteroatoms. The van der Waals surface area contributed by atoms with Crippen molar-refractivity contribution in [3.05, 3.63) is 30.1 Å². The molecule has 2 aromatic rings. The number of aromatic nitrogens is 2. The zero-order chi connectivity index (χ0) is 13.0. The molecule has 1 aromatic heterocycles. The first-order valence-corrected chi connectivity index (χ1v) is 6.86. The predicted molar refractivity (Wildman–Crippen MR) is 73.5 cm³/mol. The third-order valence-electron chi connectivity index (χ3n) is 2.44. The molecule has 18 heavy (non-hydrogen) atoms. The number of nitrogens with zero attached hydrogens (tertiary/aromatic N) is 2. The van der Waals surface area contributed by atoms with Gasteiger partial charge in [-0.15, -0.1) is 0 Å². The maximum atomic E-state index is 10.9. The lowest BCUT2D eigenvalue weighted by molar-refractivity contribution is -0.115. The topological polar surface area (TPSA) is 68.9 Å². The molecule has 0 aliphatic rings. The molecular weight excluding hydrogens is 246 g/mol. The first-order chi connectivity index (χ1) is 8.70. The number of nitrogens with two attached hydrogens (primary N) is 1. The second kappa shape index (κ2) is 5.82. The summed E-state index contributed by atoms with van der Waals surface area (Å²) >= 11 is 1.37. The van der Waals surface area contributed by atoms with Gasteiger partial charge in [-0.2, -0.15) is 0 Å². The predicted octanol–water partition coefficient (Wildman–Crippen LogP) is 2.16. The summed E-state index contributed by atoms with van der Waals surface area (Å²) in [5.74, 6) is 0.731. The van der Waals surface area contributed by atoms with Crippen molar-refractivity contribution in [1.82, 2.24) is 9.97 Å². The van der Waals surface area contributed by atoms with Gasteiger partial charge < -0.3 is 5.73 Å². The van der Waals surface area contributed by atoms with Gasteiger partial charge in [0.05, 0.1) is 11.3 Å². The van der Waals surface area contributed by atoms with Gasteiger partial charge in [0.2, 0.25) is 5.91 Å². The summed E-state index contributed by atoms with van der Waals surface area (Å²) in [6, 6.07) is 7.83. The van der Waals surface area contributed by atoms with Gasteiger partial charge in [-0.1, -0.05) is 36.9 Å². The average Bonchev–Trinajstić information content (AvgIpc) is 2.36. The van der Waals surface area contributed by atoms with Crippen molar-refractivity contribution in [3.8, 4) is 0 Å². The van der Waals surface area contributed by atoms with Gasteiger partial charge in [-0.3, -0.25) is 4.79 Å². The highest BCUT2D eigenvalue weighted by molar-refractivity contribution is 8.00. The van der Waals surface area contributed by atoms with Crippen molar-refractivity contribution in [2.24, 2.45) is 5.73 Å². The lowest BCUT2D eigenvalue weighted by Crippen LogP contribution is -2.13. The van der Waals surface area contributed by atoms with E-state index in [-0.39, 0.29) is 11.7 Å². The summed E-state index contributed by atoms with van der Waals surface area (Å²) < 4.78 is 0. The van der Waals surface area contributed by atoms with Crippen molar-refractivity contribution in [2.75, 3.05) is 5.75 Å². The molecule has 0 saturated carbocycles. The third-order valence-corrected chi connectivity index (χ3v) is 3.45. The number of amides is 1. The molecule has 0 unspecified atom stereocenters. The van der Waals surface area contributed by atoms with E-state index in [4.69, 9.17) is 5.73 Å². The molecule has 2 rings (SSSR count). The Hall–Kier alpha value is -1.62. The van der Waals surface area contributed by atoms with E-state index in [1.165, 1.54) is 11.8 Å². The van der Waals surface area contributed by atoms with Crippen LogP contribution < -0.4 is 5.73 Å². The molecule has 0 radical (unpaired) electrons. The molecule has 1 heterocycles. The summed E-state index contributed by atoms with van der Waals surface area (Å²) in [5.41, 5.74) is 6.10. The molecular formula is C13H15N3OS. The molecule has 0 spiro atoms. The monoisotopic (exact) mass is 261 g/mol. The SMILES string of the molecule is CCCc1nc(SCC(N)=O)c2ccccc2n1. The van der Waals surface area contributed by atoms with E-state index in [0.717, 1.165) is 34.6 Å². The minimum Gasteiger partial charge on any atom is -0.369 e. The van der Waals surface area contributed by atoms with E-state index in [1.54, 1.807) is 0 Å². The summed E-state index contributed by atoms with van der Waals surface area (Å²) in [4.78, 5) is 19.9. The maximum absolute atomic E-state index is 10.9. The fourth-order valence-electron chi connectivity index (χ4n) is 1.68. The molecule has 0 bridgehead atoms. The van der Waals surface area contributed by atoms with Crippen molar-refractivity contribution in [3.63, 3.8) is 0 Å². The van der Waals surface area contributed by atoms with E-state index >= 15 is 0 Å². The second-order valence-electron chi connectivity index (χ2n) is 3.97. The summed E-state index contributed by atoms with van der Waals surface area (Å²) in [5, 5.41) is 1.81. The quantitative estimate of drug-likeness (QED) is 0.661. The molecule has 0 aliphatic carbocycles. The van der Waals surface area contributed by atoms with Crippen molar-refractivity contribution in [2.45, 2.75) is 24.8 Å². The molecule has 0 fully saturated rings. The molecule has 2 N–H and O–H groups in total. The lowest BCUT2D eigenvalue weighted by Gasteiger charge is -2.06. The van der Waals surface area contributed by atoms with Crippen molar-refractivity contribution >= 4 is 28.6 Å². The van der Waals surface area contributed by atoms with E-state index in [2.05, 4.69) is 16.9 Å². The fraction of sp³-hybridized carbons (Fsp3) is 0.308. The smallest absolute Gasteiger partial charge is 0.227 e. The number of aryl methyl sites for hydroxylation is 1. The number of thioether (sulfide) groups is 1. The number of hydrogen-bond acceptors (Lipinski definition) is 4. The van der Waals surface area contributed by atoms with E-state index in [0.29, 0.717) is 0 Å².